The first kappa shape index (κ1) is 14.1. The fraction of sp³-hybridized carbons (Fsp3) is 0.786. The molecule has 3 heteroatoms. The molecule has 1 heterocycles. The molecule has 0 saturated heterocycles. The Morgan fingerprint density at radius 2 is 1.94 bits per heavy atom. The molecule has 0 unspecified atom stereocenters. The van der Waals surface area contributed by atoms with E-state index in [0.717, 1.165) is 37.8 Å². The van der Waals surface area contributed by atoms with Crippen molar-refractivity contribution in [3.05, 3.63) is 21.6 Å². The fourth-order valence-electron chi connectivity index (χ4n) is 2.13. The summed E-state index contributed by atoms with van der Waals surface area (Å²) < 4.78 is 1.78. The average molecular weight is 238 g/mol. The molecule has 0 aliphatic carbocycles. The van der Waals surface area contributed by atoms with Crippen molar-refractivity contribution in [2.75, 3.05) is 0 Å². The van der Waals surface area contributed by atoms with E-state index in [-0.39, 0.29) is 5.56 Å². The number of unbranched alkanes of at least 4 members (excludes halogenated alkanes) is 1. The first-order valence-corrected chi connectivity index (χ1v) is 6.90. The van der Waals surface area contributed by atoms with Crippen molar-refractivity contribution in [3.8, 4) is 0 Å². The van der Waals surface area contributed by atoms with Gasteiger partial charge in [0.05, 0.1) is 0 Å². The van der Waals surface area contributed by atoms with Gasteiger partial charge in [0.2, 0.25) is 0 Å². The van der Waals surface area contributed by atoms with Crippen LogP contribution in [0.5, 0.6) is 0 Å². The van der Waals surface area contributed by atoms with Crippen LogP contribution in [-0.4, -0.2) is 9.78 Å². The van der Waals surface area contributed by atoms with Gasteiger partial charge in [-0.05, 0) is 31.6 Å². The van der Waals surface area contributed by atoms with Crippen molar-refractivity contribution < 1.29 is 0 Å². The summed E-state index contributed by atoms with van der Waals surface area (Å²) in [7, 11) is 0. The predicted molar refractivity (Wildman–Crippen MR) is 72.5 cm³/mol. The maximum Gasteiger partial charge on any atom is 0.269 e. The summed E-state index contributed by atoms with van der Waals surface area (Å²) in [5, 5.41) is 3.30. The molecule has 0 aliphatic heterocycles. The van der Waals surface area contributed by atoms with Crippen molar-refractivity contribution in [1.29, 1.82) is 0 Å². The minimum atomic E-state index is 0.201. The second kappa shape index (κ2) is 6.67. The summed E-state index contributed by atoms with van der Waals surface area (Å²) in [5.41, 5.74) is 2.38. The Hall–Kier alpha value is -0.990. The highest BCUT2D eigenvalue weighted by molar-refractivity contribution is 5.18. The van der Waals surface area contributed by atoms with Gasteiger partial charge in [0, 0.05) is 17.8 Å². The van der Waals surface area contributed by atoms with E-state index in [9.17, 15) is 4.79 Å². The Morgan fingerprint density at radius 1 is 1.24 bits per heavy atom. The van der Waals surface area contributed by atoms with Crippen molar-refractivity contribution in [3.63, 3.8) is 0 Å². The maximum atomic E-state index is 12.2. The first-order chi connectivity index (χ1) is 8.10. The normalized spacial score (nSPS) is 11.4. The zero-order valence-corrected chi connectivity index (χ0v) is 11.7. The molecule has 98 valence electrons. The van der Waals surface area contributed by atoms with Gasteiger partial charge in [-0.2, -0.15) is 0 Å². The lowest BCUT2D eigenvalue weighted by Crippen LogP contribution is -2.19. The highest BCUT2D eigenvalue weighted by atomic mass is 16.1. The molecule has 0 radical (unpaired) electrons. The average Bonchev–Trinajstić information content (AvgIpc) is 2.55. The van der Waals surface area contributed by atoms with E-state index in [4.69, 9.17) is 0 Å². The van der Waals surface area contributed by atoms with Crippen LogP contribution in [0.3, 0.4) is 0 Å². The Kier molecular flexibility index (Phi) is 5.52. The standard InChI is InChI=1S/C14H26N2O/c1-5-7-8-13-12(10-11(3)4)14(17)16(15-13)9-6-2/h11,15H,5-10H2,1-4H3. The molecular weight excluding hydrogens is 212 g/mol. The fourth-order valence-corrected chi connectivity index (χ4v) is 2.13. The lowest BCUT2D eigenvalue weighted by molar-refractivity contribution is 0.574. The highest BCUT2D eigenvalue weighted by Crippen LogP contribution is 2.11. The van der Waals surface area contributed by atoms with Crippen LogP contribution < -0.4 is 5.56 Å². The van der Waals surface area contributed by atoms with Crippen LogP contribution >= 0.6 is 0 Å². The van der Waals surface area contributed by atoms with Crippen molar-refractivity contribution >= 4 is 0 Å². The van der Waals surface area contributed by atoms with Gasteiger partial charge < -0.3 is 0 Å². The molecule has 17 heavy (non-hydrogen) atoms. The van der Waals surface area contributed by atoms with Gasteiger partial charge in [-0.3, -0.25) is 14.6 Å². The monoisotopic (exact) mass is 238 g/mol. The quantitative estimate of drug-likeness (QED) is 0.778. The van der Waals surface area contributed by atoms with Crippen molar-refractivity contribution in [1.82, 2.24) is 9.78 Å². The van der Waals surface area contributed by atoms with Gasteiger partial charge in [0.25, 0.3) is 5.56 Å². The molecule has 0 atom stereocenters. The van der Waals surface area contributed by atoms with E-state index in [1.54, 1.807) is 4.68 Å². The summed E-state index contributed by atoms with van der Waals surface area (Å²) in [6, 6.07) is 0. The van der Waals surface area contributed by atoms with Crippen LogP contribution in [-0.2, 0) is 19.4 Å². The molecule has 0 saturated carbocycles. The molecule has 1 rings (SSSR count). The lowest BCUT2D eigenvalue weighted by Gasteiger charge is -2.03. The molecule has 0 aromatic carbocycles. The topological polar surface area (TPSA) is 37.8 Å². The van der Waals surface area contributed by atoms with Crippen LogP contribution in [0.2, 0.25) is 0 Å². The van der Waals surface area contributed by atoms with Crippen molar-refractivity contribution in [2.45, 2.75) is 66.3 Å². The molecule has 1 N–H and O–H groups in total. The number of aryl methyl sites for hydroxylation is 2. The summed E-state index contributed by atoms with van der Waals surface area (Å²) in [4.78, 5) is 12.2. The van der Waals surface area contributed by atoms with Gasteiger partial charge in [-0.25, -0.2) is 0 Å². The van der Waals surface area contributed by atoms with Gasteiger partial charge in [-0.1, -0.05) is 34.1 Å². The Morgan fingerprint density at radius 3 is 2.47 bits per heavy atom. The molecule has 0 bridgehead atoms. The molecule has 0 fully saturated rings. The number of hydrogen-bond donors (Lipinski definition) is 1. The third-order valence-electron chi connectivity index (χ3n) is 2.98. The minimum Gasteiger partial charge on any atom is -0.299 e. The number of rotatable bonds is 7. The van der Waals surface area contributed by atoms with Crippen LogP contribution in [0.25, 0.3) is 0 Å². The summed E-state index contributed by atoms with van der Waals surface area (Å²) >= 11 is 0. The summed E-state index contributed by atoms with van der Waals surface area (Å²) in [6.45, 7) is 9.42. The highest BCUT2D eigenvalue weighted by Gasteiger charge is 2.14. The zero-order valence-electron chi connectivity index (χ0n) is 11.7. The number of nitrogens with zero attached hydrogens (tertiary/aromatic N) is 1. The summed E-state index contributed by atoms with van der Waals surface area (Å²) in [5.74, 6) is 0.536. The third kappa shape index (κ3) is 3.76. The molecule has 0 amide bonds. The van der Waals surface area contributed by atoms with Crippen molar-refractivity contribution in [2.24, 2.45) is 5.92 Å². The zero-order chi connectivity index (χ0) is 12.8. The van der Waals surface area contributed by atoms with E-state index in [0.29, 0.717) is 5.92 Å². The molecule has 1 aromatic heterocycles. The molecule has 1 aromatic rings. The number of H-pyrrole nitrogens is 1. The van der Waals surface area contributed by atoms with E-state index >= 15 is 0 Å². The van der Waals surface area contributed by atoms with E-state index < -0.39 is 0 Å². The molecule has 0 aliphatic rings. The van der Waals surface area contributed by atoms with Crippen LogP contribution in [0.15, 0.2) is 4.79 Å². The van der Waals surface area contributed by atoms with Gasteiger partial charge in [-0.15, -0.1) is 0 Å². The SMILES string of the molecule is CCCCc1[nH]n(CCC)c(=O)c1CC(C)C. The lowest BCUT2D eigenvalue weighted by atomic mass is 10.0. The molecular formula is C14H26N2O. The van der Waals surface area contributed by atoms with E-state index in [1.165, 1.54) is 12.1 Å². The van der Waals surface area contributed by atoms with Crippen LogP contribution in [0.4, 0.5) is 0 Å². The molecule has 3 nitrogen and oxygen atoms in total. The van der Waals surface area contributed by atoms with E-state index in [2.05, 4.69) is 32.8 Å². The number of nitrogens with one attached hydrogen (secondary N) is 1. The Labute approximate surface area is 104 Å². The Balaban J connectivity index is 2.99. The minimum absolute atomic E-state index is 0.201. The van der Waals surface area contributed by atoms with E-state index in [1.807, 2.05) is 0 Å². The van der Waals surface area contributed by atoms with Crippen LogP contribution in [0, 0.1) is 5.92 Å². The second-order valence-corrected chi connectivity index (χ2v) is 5.23. The van der Waals surface area contributed by atoms with Gasteiger partial charge in [0.15, 0.2) is 0 Å². The first-order valence-electron chi connectivity index (χ1n) is 6.90. The maximum absolute atomic E-state index is 12.2. The number of hydrogen-bond acceptors (Lipinski definition) is 1. The smallest absolute Gasteiger partial charge is 0.269 e. The van der Waals surface area contributed by atoms with Gasteiger partial charge in [0.1, 0.15) is 0 Å². The third-order valence-corrected chi connectivity index (χ3v) is 2.98. The number of aromatic amines is 1. The van der Waals surface area contributed by atoms with Gasteiger partial charge >= 0.3 is 0 Å². The molecule has 0 spiro atoms. The van der Waals surface area contributed by atoms with Crippen LogP contribution in [0.1, 0.15) is 58.2 Å². The second-order valence-electron chi connectivity index (χ2n) is 5.23. The Bertz CT molecular complexity index is 387. The summed E-state index contributed by atoms with van der Waals surface area (Å²) in [6.07, 6.45) is 5.21. The number of aromatic nitrogens is 2. The largest absolute Gasteiger partial charge is 0.299 e. The predicted octanol–water partition coefficient (Wildman–Crippen LogP) is 3.13.